The van der Waals surface area contributed by atoms with Crippen molar-refractivity contribution < 1.29 is 9.18 Å². The number of likely N-dealkylation sites (tertiary alicyclic amines) is 1. The summed E-state index contributed by atoms with van der Waals surface area (Å²) in [6.45, 7) is 6.08. The molecular weight excluding hydrogens is 273 g/mol. The highest BCUT2D eigenvalue weighted by Gasteiger charge is 2.23. The molecule has 0 aliphatic carbocycles. The van der Waals surface area contributed by atoms with Crippen LogP contribution in [0.5, 0.6) is 0 Å². The van der Waals surface area contributed by atoms with Crippen LogP contribution in [-0.2, 0) is 0 Å². The van der Waals surface area contributed by atoms with Gasteiger partial charge in [-0.25, -0.2) is 4.39 Å². The van der Waals surface area contributed by atoms with E-state index >= 15 is 0 Å². The van der Waals surface area contributed by atoms with Crippen LogP contribution in [0.25, 0.3) is 0 Å². The summed E-state index contributed by atoms with van der Waals surface area (Å²) in [5.41, 5.74) is 0.527. The Hall–Kier alpha value is -1.03. The normalized spacial score (nSPS) is 20.1. The molecule has 0 bridgehead atoms. The quantitative estimate of drug-likeness (QED) is 0.817. The van der Waals surface area contributed by atoms with Gasteiger partial charge in [0, 0.05) is 23.5 Å². The van der Waals surface area contributed by atoms with Crippen LogP contribution in [-0.4, -0.2) is 23.9 Å². The molecule has 1 aliphatic rings. The highest BCUT2D eigenvalue weighted by molar-refractivity contribution is 7.80. The molecule has 1 aliphatic heterocycles. The third-order valence-corrected chi connectivity index (χ3v) is 4.54. The first kappa shape index (κ1) is 15.4. The zero-order valence-corrected chi connectivity index (χ0v) is 13.0. The lowest BCUT2D eigenvalue weighted by atomic mass is 9.89. The molecule has 1 atom stereocenters. The highest BCUT2D eigenvalue weighted by Crippen LogP contribution is 2.25. The zero-order chi connectivity index (χ0) is 14.7. The molecule has 1 aromatic carbocycles. The van der Waals surface area contributed by atoms with Gasteiger partial charge >= 0.3 is 0 Å². The first-order valence-corrected chi connectivity index (χ1v) is 7.71. The molecule has 1 amide bonds. The molecule has 2 rings (SSSR count). The lowest BCUT2D eigenvalue weighted by Gasteiger charge is -2.21. The minimum absolute atomic E-state index is 0.00953. The van der Waals surface area contributed by atoms with E-state index in [2.05, 4.69) is 26.5 Å². The molecule has 1 heterocycles. The Morgan fingerprint density at radius 1 is 1.35 bits per heavy atom. The van der Waals surface area contributed by atoms with E-state index in [-0.39, 0.29) is 16.6 Å². The van der Waals surface area contributed by atoms with Crippen molar-refractivity contribution >= 4 is 18.5 Å². The topological polar surface area (TPSA) is 20.3 Å². The van der Waals surface area contributed by atoms with Crippen molar-refractivity contribution in [2.24, 2.45) is 11.8 Å². The molecule has 20 heavy (non-hydrogen) atoms. The van der Waals surface area contributed by atoms with Crippen molar-refractivity contribution in [3.63, 3.8) is 0 Å². The third kappa shape index (κ3) is 3.54. The summed E-state index contributed by atoms with van der Waals surface area (Å²) in [6.07, 6.45) is 3.28. The first-order valence-electron chi connectivity index (χ1n) is 7.27. The maximum absolute atomic E-state index is 13.2. The average molecular weight is 295 g/mol. The van der Waals surface area contributed by atoms with Crippen LogP contribution >= 0.6 is 12.6 Å². The van der Waals surface area contributed by atoms with E-state index in [4.69, 9.17) is 0 Å². The summed E-state index contributed by atoms with van der Waals surface area (Å²) >= 11 is 4.04. The van der Waals surface area contributed by atoms with E-state index < -0.39 is 0 Å². The van der Waals surface area contributed by atoms with Gasteiger partial charge in [-0.3, -0.25) is 4.79 Å². The number of rotatable bonds is 2. The van der Waals surface area contributed by atoms with Crippen LogP contribution in [0.4, 0.5) is 4.39 Å². The molecule has 0 N–H and O–H groups in total. The van der Waals surface area contributed by atoms with Gasteiger partial charge in [0.15, 0.2) is 0 Å². The fraction of sp³-hybridized carbons (Fsp3) is 0.562. The maximum Gasteiger partial charge on any atom is 0.253 e. The summed E-state index contributed by atoms with van der Waals surface area (Å²) in [5, 5.41) is 0. The zero-order valence-electron chi connectivity index (χ0n) is 12.1. The Bertz CT molecular complexity index is 489. The van der Waals surface area contributed by atoms with E-state index in [1.54, 1.807) is 6.07 Å². The van der Waals surface area contributed by atoms with E-state index in [0.717, 1.165) is 25.9 Å². The van der Waals surface area contributed by atoms with Gasteiger partial charge in [-0.2, -0.15) is 0 Å². The van der Waals surface area contributed by atoms with Crippen molar-refractivity contribution in [2.45, 2.75) is 38.0 Å². The maximum atomic E-state index is 13.2. The van der Waals surface area contributed by atoms with Crippen molar-refractivity contribution in [2.75, 3.05) is 13.1 Å². The molecule has 1 saturated heterocycles. The molecule has 0 spiro atoms. The smallest absolute Gasteiger partial charge is 0.253 e. The average Bonchev–Trinajstić information content (AvgIpc) is 2.67. The molecule has 110 valence electrons. The molecular formula is C16H22FNOS. The molecule has 1 unspecified atom stereocenters. The van der Waals surface area contributed by atoms with Gasteiger partial charge in [0.1, 0.15) is 5.82 Å². The van der Waals surface area contributed by atoms with Crippen molar-refractivity contribution in [3.05, 3.63) is 29.6 Å². The Morgan fingerprint density at radius 3 is 2.75 bits per heavy atom. The predicted molar refractivity (Wildman–Crippen MR) is 81.7 cm³/mol. The van der Waals surface area contributed by atoms with Gasteiger partial charge in [0.05, 0.1) is 0 Å². The fourth-order valence-electron chi connectivity index (χ4n) is 2.82. The summed E-state index contributed by atoms with van der Waals surface area (Å²) in [4.78, 5) is 14.6. The van der Waals surface area contributed by atoms with Gasteiger partial charge in [0.2, 0.25) is 0 Å². The van der Waals surface area contributed by atoms with Gasteiger partial charge in [-0.1, -0.05) is 13.8 Å². The van der Waals surface area contributed by atoms with Gasteiger partial charge in [0.25, 0.3) is 5.91 Å². The van der Waals surface area contributed by atoms with E-state index in [9.17, 15) is 9.18 Å². The lowest BCUT2D eigenvalue weighted by molar-refractivity contribution is 0.0758. The molecule has 0 radical (unpaired) electrons. The number of amides is 1. The number of hydrogen-bond donors (Lipinski definition) is 1. The number of carbonyl (C=O) groups excluding carboxylic acids is 1. The summed E-state index contributed by atoms with van der Waals surface area (Å²) < 4.78 is 13.2. The van der Waals surface area contributed by atoms with Crippen LogP contribution < -0.4 is 0 Å². The van der Waals surface area contributed by atoms with Crippen LogP contribution in [0.15, 0.2) is 23.1 Å². The minimum atomic E-state index is -0.388. The van der Waals surface area contributed by atoms with Gasteiger partial charge in [-0.05, 0) is 49.3 Å². The Kier molecular flexibility index (Phi) is 5.08. The first-order chi connectivity index (χ1) is 9.49. The number of thiol groups is 1. The van der Waals surface area contributed by atoms with Crippen molar-refractivity contribution in [1.29, 1.82) is 0 Å². The molecule has 1 fully saturated rings. The monoisotopic (exact) mass is 295 g/mol. The Morgan fingerprint density at radius 2 is 2.10 bits per heavy atom. The number of benzene rings is 1. The second kappa shape index (κ2) is 6.61. The van der Waals surface area contributed by atoms with E-state index in [1.165, 1.54) is 18.6 Å². The highest BCUT2D eigenvalue weighted by atomic mass is 32.1. The minimum Gasteiger partial charge on any atom is -0.339 e. The summed E-state index contributed by atoms with van der Waals surface area (Å²) in [5.74, 6) is 0.965. The summed E-state index contributed by atoms with van der Waals surface area (Å²) in [7, 11) is 0. The van der Waals surface area contributed by atoms with Crippen molar-refractivity contribution in [3.8, 4) is 0 Å². The molecule has 0 aromatic heterocycles. The number of carbonyl (C=O) groups is 1. The Balaban J connectivity index is 2.07. The van der Waals surface area contributed by atoms with Gasteiger partial charge in [-0.15, -0.1) is 12.6 Å². The van der Waals surface area contributed by atoms with E-state index in [1.807, 2.05) is 4.90 Å². The Labute approximate surface area is 125 Å². The number of nitrogens with zero attached hydrogens (tertiary/aromatic N) is 1. The second-order valence-corrected chi connectivity index (χ2v) is 6.38. The molecule has 0 saturated carbocycles. The van der Waals surface area contributed by atoms with Crippen LogP contribution in [0.3, 0.4) is 0 Å². The SMILES string of the molecule is CC(C)C1CCCN(C(=O)c2ccc(F)c(S)c2)CC1. The predicted octanol–water partition coefficient (Wildman–Crippen LogP) is 4.01. The largest absolute Gasteiger partial charge is 0.339 e. The number of hydrogen-bond acceptors (Lipinski definition) is 2. The molecule has 1 aromatic rings. The third-order valence-electron chi connectivity index (χ3n) is 4.20. The van der Waals surface area contributed by atoms with Crippen LogP contribution in [0, 0.1) is 17.7 Å². The van der Waals surface area contributed by atoms with Crippen molar-refractivity contribution in [1.82, 2.24) is 4.90 Å². The van der Waals surface area contributed by atoms with Crippen LogP contribution in [0.1, 0.15) is 43.5 Å². The summed E-state index contributed by atoms with van der Waals surface area (Å²) in [6, 6.07) is 4.37. The standard InChI is InChI=1S/C16H22FNOS/c1-11(2)12-4-3-8-18(9-7-12)16(19)13-5-6-14(17)15(20)10-13/h5-6,10-12,20H,3-4,7-9H2,1-2H3. The molecule has 2 nitrogen and oxygen atoms in total. The van der Waals surface area contributed by atoms with Gasteiger partial charge < -0.3 is 4.90 Å². The second-order valence-electron chi connectivity index (χ2n) is 5.89. The number of halogens is 1. The lowest BCUT2D eigenvalue weighted by Crippen LogP contribution is -2.32. The fourth-order valence-corrected chi connectivity index (χ4v) is 3.03. The van der Waals surface area contributed by atoms with E-state index in [0.29, 0.717) is 17.4 Å². The van der Waals surface area contributed by atoms with Crippen LogP contribution in [0.2, 0.25) is 0 Å². The molecule has 4 heteroatoms.